The van der Waals surface area contributed by atoms with Gasteiger partial charge in [0.25, 0.3) is 0 Å². The number of carboxylic acids is 1. The number of rotatable bonds is 14. The van der Waals surface area contributed by atoms with Crippen molar-refractivity contribution in [2.24, 2.45) is 0 Å². The summed E-state index contributed by atoms with van der Waals surface area (Å²) >= 11 is 0. The Morgan fingerprint density at radius 2 is 1.38 bits per heavy atom. The summed E-state index contributed by atoms with van der Waals surface area (Å²) in [5.41, 5.74) is 0. The number of carboxylic acid groups (broad SMARTS) is 1. The third-order valence-electron chi connectivity index (χ3n) is 3.33. The molecule has 4 nitrogen and oxygen atoms in total. The van der Waals surface area contributed by atoms with Crippen LogP contribution >= 0.6 is 0 Å². The molecule has 144 valence electrons. The van der Waals surface area contributed by atoms with Crippen LogP contribution in [0.25, 0.3) is 0 Å². The van der Waals surface area contributed by atoms with Crippen LogP contribution in [0.15, 0.2) is 72.9 Å². The third-order valence-corrected chi connectivity index (χ3v) is 3.33. The van der Waals surface area contributed by atoms with E-state index in [-0.39, 0.29) is 6.42 Å². The molecule has 0 aliphatic rings. The Labute approximate surface area is 157 Å². The van der Waals surface area contributed by atoms with E-state index in [0.29, 0.717) is 0 Å². The fourth-order valence-electron chi connectivity index (χ4n) is 1.92. The molecule has 0 saturated carbocycles. The number of aliphatic hydroxyl groups is 2. The fraction of sp³-hybridized carbons (Fsp3) is 0.409. The summed E-state index contributed by atoms with van der Waals surface area (Å²) < 4.78 is 0. The standard InChI is InChI=1S/C22H32O4/c1-2-3-4-5-6-7-8-9-10-11-12-13-14-15-16-17-18-20(23)19-21(24)22(25)26/h3-4,7-10,12-13,15-18,20-21,23-24H,2,5-6,11,14,19H2,1H3,(H,25,26)/t20-,21?/m1/s1. The number of unbranched alkanes of at least 4 members (excludes halogenated alkanes) is 1. The quantitative estimate of drug-likeness (QED) is 0.242. The lowest BCUT2D eigenvalue weighted by atomic mass is 10.1. The first-order valence-corrected chi connectivity index (χ1v) is 9.11. The molecule has 0 fully saturated rings. The minimum atomic E-state index is -1.54. The molecule has 26 heavy (non-hydrogen) atoms. The van der Waals surface area contributed by atoms with Gasteiger partial charge in [-0.15, -0.1) is 0 Å². The van der Waals surface area contributed by atoms with Gasteiger partial charge in [-0.05, 0) is 32.1 Å². The lowest BCUT2D eigenvalue weighted by Gasteiger charge is -2.07. The van der Waals surface area contributed by atoms with Crippen molar-refractivity contribution in [2.75, 3.05) is 0 Å². The lowest BCUT2D eigenvalue weighted by Crippen LogP contribution is -2.24. The summed E-state index contributed by atoms with van der Waals surface area (Å²) in [6.07, 6.45) is 26.0. The number of carbonyl (C=O) groups is 1. The van der Waals surface area contributed by atoms with Gasteiger partial charge in [0.2, 0.25) is 0 Å². The van der Waals surface area contributed by atoms with Gasteiger partial charge in [-0.3, -0.25) is 0 Å². The third kappa shape index (κ3) is 16.7. The zero-order valence-electron chi connectivity index (χ0n) is 15.6. The SMILES string of the molecule is CCC=CCCC=CC=CCC=CCC=CC=C[C@@H](O)CC(O)C(=O)O. The van der Waals surface area contributed by atoms with E-state index in [1.54, 1.807) is 12.2 Å². The maximum absolute atomic E-state index is 10.4. The summed E-state index contributed by atoms with van der Waals surface area (Å²) in [6.45, 7) is 2.14. The average molecular weight is 360 g/mol. The maximum atomic E-state index is 10.4. The van der Waals surface area contributed by atoms with E-state index >= 15 is 0 Å². The number of aliphatic carboxylic acids is 1. The van der Waals surface area contributed by atoms with Gasteiger partial charge in [-0.1, -0.05) is 79.8 Å². The van der Waals surface area contributed by atoms with Gasteiger partial charge in [0.1, 0.15) is 0 Å². The van der Waals surface area contributed by atoms with Gasteiger partial charge >= 0.3 is 5.97 Å². The summed E-state index contributed by atoms with van der Waals surface area (Å²) in [6, 6.07) is 0. The zero-order chi connectivity index (χ0) is 19.5. The van der Waals surface area contributed by atoms with E-state index in [2.05, 4.69) is 55.5 Å². The van der Waals surface area contributed by atoms with Crippen molar-refractivity contribution in [1.82, 2.24) is 0 Å². The highest BCUT2D eigenvalue weighted by atomic mass is 16.4. The molecular weight excluding hydrogens is 328 g/mol. The highest BCUT2D eigenvalue weighted by Crippen LogP contribution is 2.01. The summed E-state index contributed by atoms with van der Waals surface area (Å²) in [4.78, 5) is 10.4. The summed E-state index contributed by atoms with van der Waals surface area (Å²) in [5, 5.41) is 27.1. The normalized spacial score (nSPS) is 15.5. The number of allylic oxidation sites excluding steroid dienone is 11. The van der Waals surface area contributed by atoms with Crippen molar-refractivity contribution in [3.63, 3.8) is 0 Å². The van der Waals surface area contributed by atoms with Crippen LogP contribution < -0.4 is 0 Å². The monoisotopic (exact) mass is 360 g/mol. The van der Waals surface area contributed by atoms with E-state index in [9.17, 15) is 9.90 Å². The minimum absolute atomic E-state index is 0.213. The molecule has 0 aliphatic carbocycles. The second-order valence-corrected chi connectivity index (χ2v) is 5.73. The van der Waals surface area contributed by atoms with Crippen LogP contribution in [0.4, 0.5) is 0 Å². The van der Waals surface area contributed by atoms with E-state index in [1.165, 1.54) is 6.08 Å². The van der Waals surface area contributed by atoms with E-state index in [0.717, 1.165) is 32.1 Å². The van der Waals surface area contributed by atoms with Gasteiger partial charge in [0.05, 0.1) is 6.10 Å². The predicted octanol–water partition coefficient (Wildman–Crippen LogP) is 4.49. The highest BCUT2D eigenvalue weighted by Gasteiger charge is 2.15. The molecule has 0 bridgehead atoms. The van der Waals surface area contributed by atoms with E-state index in [4.69, 9.17) is 10.2 Å². The first-order valence-electron chi connectivity index (χ1n) is 9.11. The molecule has 0 heterocycles. The molecule has 4 heteroatoms. The predicted molar refractivity (Wildman–Crippen MR) is 108 cm³/mol. The Morgan fingerprint density at radius 3 is 2.00 bits per heavy atom. The van der Waals surface area contributed by atoms with Gasteiger partial charge in [0.15, 0.2) is 6.10 Å². The molecule has 0 aromatic carbocycles. The molecule has 1 unspecified atom stereocenters. The first kappa shape index (κ1) is 23.8. The topological polar surface area (TPSA) is 77.8 Å². The van der Waals surface area contributed by atoms with Crippen molar-refractivity contribution in [3.05, 3.63) is 72.9 Å². The number of hydrogen-bond donors (Lipinski definition) is 3. The maximum Gasteiger partial charge on any atom is 0.332 e. The van der Waals surface area contributed by atoms with Crippen LogP contribution in [0.2, 0.25) is 0 Å². The Balaban J connectivity index is 3.76. The average Bonchev–Trinajstić information content (AvgIpc) is 2.61. The second-order valence-electron chi connectivity index (χ2n) is 5.73. The Kier molecular flexibility index (Phi) is 16.2. The molecule has 0 saturated heterocycles. The van der Waals surface area contributed by atoms with Gasteiger partial charge in [0, 0.05) is 6.42 Å². The summed E-state index contributed by atoms with van der Waals surface area (Å²) in [5.74, 6) is -1.33. The van der Waals surface area contributed by atoms with Gasteiger partial charge in [-0.25, -0.2) is 4.79 Å². The van der Waals surface area contributed by atoms with Crippen LogP contribution in [0.3, 0.4) is 0 Å². The van der Waals surface area contributed by atoms with Crippen LogP contribution in [0.1, 0.15) is 45.4 Å². The second kappa shape index (κ2) is 17.6. The van der Waals surface area contributed by atoms with Crippen LogP contribution in [-0.4, -0.2) is 33.5 Å². The van der Waals surface area contributed by atoms with Crippen molar-refractivity contribution < 1.29 is 20.1 Å². The van der Waals surface area contributed by atoms with E-state index < -0.39 is 18.2 Å². The van der Waals surface area contributed by atoms with Gasteiger partial charge in [-0.2, -0.15) is 0 Å². The summed E-state index contributed by atoms with van der Waals surface area (Å²) in [7, 11) is 0. The molecular formula is C22H32O4. The largest absolute Gasteiger partial charge is 0.479 e. The smallest absolute Gasteiger partial charge is 0.332 e. The molecule has 0 radical (unpaired) electrons. The zero-order valence-corrected chi connectivity index (χ0v) is 15.6. The molecule has 0 aromatic rings. The van der Waals surface area contributed by atoms with Crippen molar-refractivity contribution in [3.8, 4) is 0 Å². The fourth-order valence-corrected chi connectivity index (χ4v) is 1.92. The molecule has 3 N–H and O–H groups in total. The first-order chi connectivity index (χ1) is 12.6. The van der Waals surface area contributed by atoms with Crippen LogP contribution in [-0.2, 0) is 4.79 Å². The van der Waals surface area contributed by atoms with Crippen molar-refractivity contribution in [1.29, 1.82) is 0 Å². The Morgan fingerprint density at radius 1 is 0.808 bits per heavy atom. The number of hydrogen-bond acceptors (Lipinski definition) is 3. The van der Waals surface area contributed by atoms with Crippen LogP contribution in [0.5, 0.6) is 0 Å². The lowest BCUT2D eigenvalue weighted by molar-refractivity contribution is -0.147. The molecule has 0 rings (SSSR count). The molecule has 0 aliphatic heterocycles. The van der Waals surface area contributed by atoms with Crippen molar-refractivity contribution in [2.45, 2.75) is 57.7 Å². The van der Waals surface area contributed by atoms with E-state index in [1.807, 2.05) is 6.08 Å². The Hall–Kier alpha value is -2.17. The molecule has 2 atom stereocenters. The minimum Gasteiger partial charge on any atom is -0.479 e. The number of aliphatic hydroxyl groups excluding tert-OH is 2. The van der Waals surface area contributed by atoms with Crippen molar-refractivity contribution >= 4 is 5.97 Å². The molecule has 0 spiro atoms. The Bertz CT molecular complexity index is 524. The van der Waals surface area contributed by atoms with Gasteiger partial charge < -0.3 is 15.3 Å². The molecule has 0 amide bonds. The highest BCUT2D eigenvalue weighted by molar-refractivity contribution is 5.71. The van der Waals surface area contributed by atoms with Crippen LogP contribution in [0, 0.1) is 0 Å². The molecule has 0 aromatic heterocycles.